The van der Waals surface area contributed by atoms with E-state index in [1.165, 1.54) is 17.4 Å². The molecule has 0 aliphatic heterocycles. The maximum Gasteiger partial charge on any atom is 0.149 e. The summed E-state index contributed by atoms with van der Waals surface area (Å²) in [7, 11) is 0. The molecule has 0 aliphatic carbocycles. The third-order valence-corrected chi connectivity index (χ3v) is 5.56. The summed E-state index contributed by atoms with van der Waals surface area (Å²) in [5.41, 5.74) is 0.978. The molecule has 2 aromatic rings. The summed E-state index contributed by atoms with van der Waals surface area (Å²) in [6.07, 6.45) is -1.11. The van der Waals surface area contributed by atoms with Crippen molar-refractivity contribution in [1.29, 1.82) is 0 Å². The molecule has 1 unspecified atom stereocenters. The van der Waals surface area contributed by atoms with E-state index in [0.29, 0.717) is 14.4 Å². The summed E-state index contributed by atoms with van der Waals surface area (Å²) in [5, 5.41) is 12.4. The van der Waals surface area contributed by atoms with Gasteiger partial charge in [-0.1, -0.05) is 29.3 Å². The maximum atomic E-state index is 14.0. The molecule has 0 aliphatic rings. The van der Waals surface area contributed by atoms with Gasteiger partial charge in [-0.25, -0.2) is 4.39 Å². The van der Waals surface area contributed by atoms with Crippen LogP contribution >= 0.6 is 50.5 Å². The van der Waals surface area contributed by atoms with Crippen molar-refractivity contribution >= 4 is 50.5 Å². The lowest BCUT2D eigenvalue weighted by atomic mass is 10.1. The van der Waals surface area contributed by atoms with Gasteiger partial charge >= 0.3 is 0 Å². The molecule has 0 bridgehead atoms. The van der Waals surface area contributed by atoms with E-state index in [4.69, 9.17) is 23.2 Å². The van der Waals surface area contributed by atoms with Crippen molar-refractivity contribution in [3.05, 3.63) is 53.9 Å². The fourth-order valence-corrected chi connectivity index (χ4v) is 3.30. The van der Waals surface area contributed by atoms with Crippen molar-refractivity contribution in [2.24, 2.45) is 0 Å². The molecule has 1 N–H and O–H groups in total. The highest BCUT2D eigenvalue weighted by atomic mass is 79.9. The van der Waals surface area contributed by atoms with Gasteiger partial charge in [0.2, 0.25) is 0 Å². The van der Waals surface area contributed by atoms with E-state index in [-0.39, 0.29) is 10.6 Å². The number of hydrogen-bond acceptors (Lipinski definition) is 2. The molecule has 1 nitrogen and oxygen atoms in total. The van der Waals surface area contributed by atoms with E-state index in [2.05, 4.69) is 15.9 Å². The fraction of sp³-hybridized carbons (Fsp3) is 0.167. The van der Waals surface area contributed by atoms with Crippen LogP contribution in [0.25, 0.3) is 0 Å². The zero-order valence-electron chi connectivity index (χ0n) is 9.18. The highest BCUT2D eigenvalue weighted by Crippen LogP contribution is 2.38. The number of aliphatic hydroxyl groups is 1. The Hall–Kier alpha value is -0.130. The van der Waals surface area contributed by atoms with Gasteiger partial charge in [-0.2, -0.15) is 0 Å². The van der Waals surface area contributed by atoms with Gasteiger partial charge in [-0.15, -0.1) is 11.3 Å². The van der Waals surface area contributed by atoms with Crippen molar-refractivity contribution < 1.29 is 9.50 Å². The monoisotopic (exact) mass is 368 g/mol. The lowest BCUT2D eigenvalue weighted by Crippen LogP contribution is -2.02. The van der Waals surface area contributed by atoms with Crippen LogP contribution < -0.4 is 0 Å². The molecule has 1 heterocycles. The van der Waals surface area contributed by atoms with Gasteiger partial charge in [0.15, 0.2) is 0 Å². The van der Waals surface area contributed by atoms with Gasteiger partial charge in [0.1, 0.15) is 11.9 Å². The van der Waals surface area contributed by atoms with E-state index in [9.17, 15) is 9.50 Å². The molecule has 0 saturated heterocycles. The normalized spacial score (nSPS) is 12.8. The molecule has 2 rings (SSSR count). The predicted octanol–water partition coefficient (Wildman–Crippen LogP) is 5.35. The van der Waals surface area contributed by atoms with Crippen LogP contribution in [0.15, 0.2) is 22.0 Å². The Morgan fingerprint density at radius 1 is 1.33 bits per heavy atom. The number of rotatable bonds is 2. The summed E-state index contributed by atoms with van der Waals surface area (Å²) in [6, 6.07) is 3.08. The Kier molecular flexibility index (Phi) is 4.34. The Labute approximate surface area is 126 Å². The Morgan fingerprint density at radius 3 is 2.56 bits per heavy atom. The number of hydrogen-bond donors (Lipinski definition) is 1. The third-order valence-electron chi connectivity index (χ3n) is 2.53. The number of benzene rings is 1. The van der Waals surface area contributed by atoms with Crippen LogP contribution in [0.1, 0.15) is 22.1 Å². The van der Waals surface area contributed by atoms with E-state index in [0.717, 1.165) is 5.56 Å². The van der Waals surface area contributed by atoms with Crippen molar-refractivity contribution in [2.75, 3.05) is 0 Å². The molecule has 1 atom stereocenters. The van der Waals surface area contributed by atoms with E-state index in [1.807, 2.05) is 12.3 Å². The van der Waals surface area contributed by atoms with Crippen LogP contribution in [-0.4, -0.2) is 5.11 Å². The molecule has 1 aromatic carbocycles. The van der Waals surface area contributed by atoms with E-state index < -0.39 is 11.9 Å². The minimum atomic E-state index is -1.11. The van der Waals surface area contributed by atoms with Gasteiger partial charge in [0.05, 0.1) is 14.9 Å². The van der Waals surface area contributed by atoms with Crippen LogP contribution in [0.5, 0.6) is 0 Å². The molecule has 0 spiro atoms. The molecule has 6 heteroatoms. The van der Waals surface area contributed by atoms with Crippen LogP contribution in [0, 0.1) is 12.7 Å². The standard InChI is InChI=1S/C12H8BrCl2FOS/c1-5-4-18-12(8(5)14)11(17)6-2-3-7(13)9(15)10(6)16/h2-4,11,17H,1H3. The zero-order chi connectivity index (χ0) is 13.4. The summed E-state index contributed by atoms with van der Waals surface area (Å²) in [6.45, 7) is 1.83. The number of aryl methyl sites for hydroxylation is 1. The average molecular weight is 370 g/mol. The molecule has 18 heavy (non-hydrogen) atoms. The summed E-state index contributed by atoms with van der Waals surface area (Å²) in [4.78, 5) is 0.520. The Balaban J connectivity index is 2.50. The number of halogens is 4. The van der Waals surface area contributed by atoms with Gasteiger partial charge in [-0.05, 0) is 39.9 Å². The molecule has 0 fully saturated rings. The summed E-state index contributed by atoms with van der Waals surface area (Å²) in [5.74, 6) is -0.638. The fourth-order valence-electron chi connectivity index (χ4n) is 1.53. The van der Waals surface area contributed by atoms with Crippen LogP contribution in [0.3, 0.4) is 0 Å². The number of thiophene rings is 1. The molecule has 1 aromatic heterocycles. The van der Waals surface area contributed by atoms with E-state index >= 15 is 0 Å². The number of aliphatic hydroxyl groups excluding tert-OH is 1. The highest BCUT2D eigenvalue weighted by Gasteiger charge is 2.22. The largest absolute Gasteiger partial charge is 0.383 e. The smallest absolute Gasteiger partial charge is 0.149 e. The molecule has 0 saturated carbocycles. The average Bonchev–Trinajstić information content (AvgIpc) is 2.67. The van der Waals surface area contributed by atoms with Gasteiger partial charge < -0.3 is 5.11 Å². The summed E-state index contributed by atoms with van der Waals surface area (Å²) >= 11 is 16.3. The first kappa shape index (κ1) is 14.3. The van der Waals surface area contributed by atoms with Crippen molar-refractivity contribution in [2.45, 2.75) is 13.0 Å². The quantitative estimate of drug-likeness (QED) is 0.707. The van der Waals surface area contributed by atoms with Gasteiger partial charge in [0, 0.05) is 10.0 Å². The van der Waals surface area contributed by atoms with Crippen molar-refractivity contribution in [1.82, 2.24) is 0 Å². The second kappa shape index (κ2) is 5.47. The van der Waals surface area contributed by atoms with Crippen LogP contribution in [-0.2, 0) is 0 Å². The topological polar surface area (TPSA) is 20.2 Å². The minimum Gasteiger partial charge on any atom is -0.383 e. The Bertz CT molecular complexity index is 600. The molecule has 96 valence electrons. The maximum absolute atomic E-state index is 14.0. The molecule has 0 amide bonds. The van der Waals surface area contributed by atoms with E-state index in [1.54, 1.807) is 6.07 Å². The SMILES string of the molecule is Cc1csc(C(O)c2ccc(Br)c(Cl)c2F)c1Cl. The van der Waals surface area contributed by atoms with Crippen molar-refractivity contribution in [3.63, 3.8) is 0 Å². The minimum absolute atomic E-state index is 0.0454. The van der Waals surface area contributed by atoms with Crippen LogP contribution in [0.4, 0.5) is 4.39 Å². The lowest BCUT2D eigenvalue weighted by molar-refractivity contribution is 0.219. The molecule has 0 radical (unpaired) electrons. The third kappa shape index (κ3) is 2.45. The Morgan fingerprint density at radius 2 is 2.00 bits per heavy atom. The van der Waals surface area contributed by atoms with Crippen LogP contribution in [0.2, 0.25) is 10.0 Å². The second-order valence-corrected chi connectivity index (χ2v) is 6.29. The first-order chi connectivity index (χ1) is 8.43. The van der Waals surface area contributed by atoms with Gasteiger partial charge in [0.25, 0.3) is 0 Å². The van der Waals surface area contributed by atoms with Gasteiger partial charge in [-0.3, -0.25) is 0 Å². The first-order valence-corrected chi connectivity index (χ1v) is 7.41. The lowest BCUT2D eigenvalue weighted by Gasteiger charge is -2.12. The molecular weight excluding hydrogens is 362 g/mol. The highest BCUT2D eigenvalue weighted by molar-refractivity contribution is 9.10. The first-order valence-electron chi connectivity index (χ1n) is 4.98. The van der Waals surface area contributed by atoms with Crippen molar-refractivity contribution in [3.8, 4) is 0 Å². The summed E-state index contributed by atoms with van der Waals surface area (Å²) < 4.78 is 14.4. The molecular formula is C12H8BrCl2FOS. The zero-order valence-corrected chi connectivity index (χ0v) is 13.1. The second-order valence-electron chi connectivity index (χ2n) is 3.76. The predicted molar refractivity (Wildman–Crippen MR) is 77.2 cm³/mol.